The van der Waals surface area contributed by atoms with Crippen LogP contribution in [0.1, 0.15) is 11.1 Å². The molecular weight excluding hydrogens is 189 g/mol. The van der Waals surface area contributed by atoms with E-state index in [-0.39, 0.29) is 0 Å². The van der Waals surface area contributed by atoms with Crippen LogP contribution < -0.4 is 0 Å². The topological polar surface area (TPSA) is 23.8 Å². The summed E-state index contributed by atoms with van der Waals surface area (Å²) in [4.78, 5) is 0. The fourth-order valence-corrected chi connectivity index (χ4v) is 1.20. The van der Waals surface area contributed by atoms with Gasteiger partial charge >= 0.3 is 0 Å². The van der Waals surface area contributed by atoms with E-state index in [2.05, 4.69) is 0 Å². The van der Waals surface area contributed by atoms with E-state index in [0.29, 0.717) is 10.6 Å². The van der Waals surface area contributed by atoms with E-state index in [1.807, 2.05) is 6.07 Å². The highest BCUT2D eigenvalue weighted by Crippen LogP contribution is 2.15. The first kappa shape index (κ1) is 9.76. The molecule has 3 heteroatoms. The summed E-state index contributed by atoms with van der Waals surface area (Å²) >= 11 is 5.73. The summed E-state index contributed by atoms with van der Waals surface area (Å²) < 4.78 is 11.8. The molecule has 0 N–H and O–H groups in total. The van der Waals surface area contributed by atoms with Crippen LogP contribution in [0.25, 0.3) is 6.08 Å². The van der Waals surface area contributed by atoms with E-state index >= 15 is 0 Å². The molecule has 0 aliphatic heterocycles. The maximum Gasteiger partial charge on any atom is 0.108 e. The fourth-order valence-electron chi connectivity index (χ4n) is 0.954. The van der Waals surface area contributed by atoms with Gasteiger partial charge in [-0.1, -0.05) is 23.8 Å². The van der Waals surface area contributed by atoms with Gasteiger partial charge in [0.15, 0.2) is 0 Å². The Morgan fingerprint density at radius 2 is 2.23 bits per heavy atom. The third-order valence-electron chi connectivity index (χ3n) is 1.45. The van der Waals surface area contributed by atoms with Gasteiger partial charge in [-0.05, 0) is 23.8 Å². The van der Waals surface area contributed by atoms with E-state index < -0.39 is 6.67 Å². The summed E-state index contributed by atoms with van der Waals surface area (Å²) in [5, 5.41) is 9.09. The number of benzene rings is 1. The minimum Gasteiger partial charge on any atom is -0.247 e. The van der Waals surface area contributed by atoms with E-state index in [1.165, 1.54) is 6.08 Å². The van der Waals surface area contributed by atoms with Gasteiger partial charge in [0.25, 0.3) is 0 Å². The minimum absolute atomic E-state index is 0.478. The lowest BCUT2D eigenvalue weighted by atomic mass is 10.1. The quantitative estimate of drug-likeness (QED) is 0.711. The van der Waals surface area contributed by atoms with Crippen molar-refractivity contribution in [2.45, 2.75) is 0 Å². The van der Waals surface area contributed by atoms with Crippen LogP contribution in [0.3, 0.4) is 0 Å². The van der Waals surface area contributed by atoms with Crippen LogP contribution >= 0.6 is 11.6 Å². The number of rotatable bonds is 2. The molecule has 1 aromatic carbocycles. The summed E-state index contributed by atoms with van der Waals surface area (Å²) in [6.07, 6.45) is 2.96. The maximum atomic E-state index is 11.8. The number of allylic oxidation sites excluding steroid dienone is 1. The van der Waals surface area contributed by atoms with Crippen LogP contribution in [0.4, 0.5) is 4.39 Å². The second-order valence-electron chi connectivity index (χ2n) is 2.44. The van der Waals surface area contributed by atoms with Gasteiger partial charge in [0.2, 0.25) is 0 Å². The van der Waals surface area contributed by atoms with Gasteiger partial charge in [0, 0.05) is 5.02 Å². The zero-order chi connectivity index (χ0) is 9.68. The molecule has 1 rings (SSSR count). The van der Waals surface area contributed by atoms with Crippen LogP contribution in [-0.4, -0.2) is 6.67 Å². The molecule has 0 unspecified atom stereocenters. The number of hydrogen-bond acceptors (Lipinski definition) is 1. The average molecular weight is 196 g/mol. The van der Waals surface area contributed by atoms with Crippen molar-refractivity contribution in [3.05, 3.63) is 40.4 Å². The summed E-state index contributed by atoms with van der Waals surface area (Å²) in [6.45, 7) is -0.519. The molecule has 0 amide bonds. The van der Waals surface area contributed by atoms with Gasteiger partial charge in [-0.25, -0.2) is 4.39 Å². The predicted molar refractivity (Wildman–Crippen MR) is 51.2 cm³/mol. The molecule has 0 aliphatic rings. The van der Waals surface area contributed by atoms with E-state index in [4.69, 9.17) is 16.9 Å². The van der Waals surface area contributed by atoms with E-state index in [1.54, 1.807) is 24.3 Å². The van der Waals surface area contributed by atoms with Gasteiger partial charge < -0.3 is 0 Å². The summed E-state index contributed by atoms with van der Waals surface area (Å²) in [6, 6.07) is 6.86. The van der Waals surface area contributed by atoms with Crippen LogP contribution in [0.2, 0.25) is 5.02 Å². The monoisotopic (exact) mass is 195 g/mol. The molecule has 0 aliphatic carbocycles. The molecule has 0 atom stereocenters. The number of nitrogens with zero attached hydrogens (tertiary/aromatic N) is 1. The molecule has 66 valence electrons. The molecule has 0 saturated heterocycles. The highest BCUT2D eigenvalue weighted by molar-refractivity contribution is 6.30. The highest BCUT2D eigenvalue weighted by Gasteiger charge is 1.95. The first-order chi connectivity index (χ1) is 6.26. The van der Waals surface area contributed by atoms with Crippen LogP contribution in [0.15, 0.2) is 24.3 Å². The van der Waals surface area contributed by atoms with Gasteiger partial charge in [-0.15, -0.1) is 0 Å². The number of hydrogen-bond donors (Lipinski definition) is 0. The molecule has 1 nitrogen and oxygen atoms in total. The number of halogens is 2. The van der Waals surface area contributed by atoms with Gasteiger partial charge in [-0.3, -0.25) is 0 Å². The van der Waals surface area contributed by atoms with Gasteiger partial charge in [0.05, 0.1) is 11.6 Å². The summed E-state index contributed by atoms with van der Waals surface area (Å²) in [5.74, 6) is 0. The molecule has 0 saturated carbocycles. The zero-order valence-electron chi connectivity index (χ0n) is 6.80. The Morgan fingerprint density at radius 3 is 2.85 bits per heavy atom. The first-order valence-corrected chi connectivity index (χ1v) is 4.07. The van der Waals surface area contributed by atoms with E-state index in [0.717, 1.165) is 5.56 Å². The van der Waals surface area contributed by atoms with Crippen molar-refractivity contribution in [1.82, 2.24) is 0 Å². The predicted octanol–water partition coefficient (Wildman–Crippen LogP) is 3.19. The Balaban J connectivity index is 3.03. The number of nitriles is 1. The third kappa shape index (κ3) is 2.89. The van der Waals surface area contributed by atoms with Crippen molar-refractivity contribution in [2.24, 2.45) is 0 Å². The van der Waals surface area contributed by atoms with Gasteiger partial charge in [-0.2, -0.15) is 5.26 Å². The Labute approximate surface area is 81.1 Å². The third-order valence-corrected chi connectivity index (χ3v) is 1.67. The molecule has 0 spiro atoms. The molecule has 1 aromatic rings. The molecular formula is C10H7ClFN. The minimum atomic E-state index is -0.519. The Hall–Kier alpha value is -1.33. The SMILES string of the molecule is N#Cc1cc(Cl)cc(/C=C/CF)c1. The Bertz CT molecular complexity index is 366. The van der Waals surface area contributed by atoms with Crippen molar-refractivity contribution in [2.75, 3.05) is 6.67 Å². The average Bonchev–Trinajstić information content (AvgIpc) is 2.14. The zero-order valence-corrected chi connectivity index (χ0v) is 7.55. The smallest absolute Gasteiger partial charge is 0.108 e. The van der Waals surface area contributed by atoms with Crippen LogP contribution in [-0.2, 0) is 0 Å². The Kier molecular flexibility index (Phi) is 3.48. The maximum absolute atomic E-state index is 11.8. The largest absolute Gasteiger partial charge is 0.247 e. The molecule has 0 aromatic heterocycles. The first-order valence-electron chi connectivity index (χ1n) is 3.69. The van der Waals surface area contributed by atoms with Crippen LogP contribution in [0.5, 0.6) is 0 Å². The summed E-state index contributed by atoms with van der Waals surface area (Å²) in [7, 11) is 0. The molecule has 0 fully saturated rings. The highest BCUT2D eigenvalue weighted by atomic mass is 35.5. The summed E-state index contributed by atoms with van der Waals surface area (Å²) in [5.41, 5.74) is 1.22. The molecule has 13 heavy (non-hydrogen) atoms. The lowest BCUT2D eigenvalue weighted by molar-refractivity contribution is 0.563. The van der Waals surface area contributed by atoms with Crippen molar-refractivity contribution >= 4 is 17.7 Å². The standard InChI is InChI=1S/C10H7ClFN/c11-10-5-8(2-1-3-12)4-9(6-10)7-13/h1-2,4-6H,3H2/b2-1+. The van der Waals surface area contributed by atoms with Gasteiger partial charge in [0.1, 0.15) is 6.67 Å². The molecule has 0 radical (unpaired) electrons. The molecule has 0 bridgehead atoms. The van der Waals surface area contributed by atoms with Crippen LogP contribution in [0, 0.1) is 11.3 Å². The second kappa shape index (κ2) is 4.64. The Morgan fingerprint density at radius 1 is 1.46 bits per heavy atom. The second-order valence-corrected chi connectivity index (χ2v) is 2.88. The lowest BCUT2D eigenvalue weighted by Gasteiger charge is -1.95. The normalized spacial score (nSPS) is 10.2. The van der Waals surface area contributed by atoms with Crippen molar-refractivity contribution in [3.8, 4) is 6.07 Å². The number of alkyl halides is 1. The lowest BCUT2D eigenvalue weighted by Crippen LogP contribution is -1.78. The van der Waals surface area contributed by atoms with Crippen molar-refractivity contribution in [1.29, 1.82) is 5.26 Å². The van der Waals surface area contributed by atoms with Crippen molar-refractivity contribution in [3.63, 3.8) is 0 Å². The van der Waals surface area contributed by atoms with E-state index in [9.17, 15) is 4.39 Å². The fraction of sp³-hybridized carbons (Fsp3) is 0.100. The van der Waals surface area contributed by atoms with Crippen molar-refractivity contribution < 1.29 is 4.39 Å². The molecule has 0 heterocycles.